The van der Waals surface area contributed by atoms with E-state index < -0.39 is 0 Å². The lowest BCUT2D eigenvalue weighted by Crippen LogP contribution is -2.51. The summed E-state index contributed by atoms with van der Waals surface area (Å²) in [4.78, 5) is 28.7. The van der Waals surface area contributed by atoms with Crippen molar-refractivity contribution >= 4 is 40.9 Å². The number of hydrogen-bond acceptors (Lipinski definition) is 3. The summed E-state index contributed by atoms with van der Waals surface area (Å²) in [5.41, 5.74) is 2.16. The second-order valence-electron chi connectivity index (χ2n) is 8.43. The van der Waals surface area contributed by atoms with Crippen LogP contribution in [-0.4, -0.2) is 42.9 Å². The molecule has 1 heterocycles. The predicted molar refractivity (Wildman–Crippen MR) is 124 cm³/mol. The number of amides is 2. The van der Waals surface area contributed by atoms with Crippen molar-refractivity contribution in [3.8, 4) is 0 Å². The van der Waals surface area contributed by atoms with Crippen LogP contribution >= 0.6 is 11.6 Å². The molecule has 1 fully saturated rings. The van der Waals surface area contributed by atoms with Gasteiger partial charge < -0.3 is 15.1 Å². The quantitative estimate of drug-likeness (QED) is 0.723. The van der Waals surface area contributed by atoms with Gasteiger partial charge in [-0.2, -0.15) is 0 Å². The van der Waals surface area contributed by atoms with E-state index in [2.05, 4.69) is 10.2 Å². The van der Waals surface area contributed by atoms with E-state index in [0.717, 1.165) is 24.3 Å². The lowest BCUT2D eigenvalue weighted by atomic mass is 9.94. The molecule has 1 N–H and O–H groups in total. The number of hydrogen-bond donors (Lipinski definition) is 1. The molecule has 0 aromatic heterocycles. The van der Waals surface area contributed by atoms with Gasteiger partial charge >= 0.3 is 0 Å². The molecule has 158 valence electrons. The largest absolute Gasteiger partial charge is 0.367 e. The molecule has 5 nitrogen and oxygen atoms in total. The second kappa shape index (κ2) is 9.35. The second-order valence-corrected chi connectivity index (χ2v) is 8.84. The molecule has 0 bridgehead atoms. The molecule has 0 spiro atoms. The summed E-state index contributed by atoms with van der Waals surface area (Å²) in [7, 11) is 0. The Balaban J connectivity index is 1.59. The summed E-state index contributed by atoms with van der Waals surface area (Å²) in [6.07, 6.45) is 3.27. The number of nitrogens with zero attached hydrogens (tertiary/aromatic N) is 2. The molecule has 3 rings (SSSR count). The van der Waals surface area contributed by atoms with E-state index in [4.69, 9.17) is 11.6 Å². The number of piperazine rings is 1. The Labute approximate surface area is 183 Å². The summed E-state index contributed by atoms with van der Waals surface area (Å²) in [5, 5.41) is 3.42. The first kappa shape index (κ1) is 21.9. The Morgan fingerprint density at radius 1 is 1.00 bits per heavy atom. The van der Waals surface area contributed by atoms with E-state index in [1.807, 2.05) is 68.1 Å². The van der Waals surface area contributed by atoms with Gasteiger partial charge in [0.05, 0.1) is 10.7 Å². The molecule has 0 unspecified atom stereocenters. The molecule has 30 heavy (non-hydrogen) atoms. The van der Waals surface area contributed by atoms with Crippen LogP contribution in [0.15, 0.2) is 54.6 Å². The zero-order valence-electron chi connectivity index (χ0n) is 17.7. The van der Waals surface area contributed by atoms with E-state index in [1.54, 1.807) is 12.1 Å². The fourth-order valence-corrected chi connectivity index (χ4v) is 3.69. The van der Waals surface area contributed by atoms with Gasteiger partial charge in [0.25, 0.3) is 0 Å². The number of benzene rings is 2. The van der Waals surface area contributed by atoms with E-state index in [0.29, 0.717) is 23.8 Å². The van der Waals surface area contributed by atoms with Crippen molar-refractivity contribution in [1.82, 2.24) is 4.90 Å². The molecule has 1 saturated heterocycles. The molecule has 0 saturated carbocycles. The van der Waals surface area contributed by atoms with Crippen molar-refractivity contribution in [3.05, 3.63) is 65.2 Å². The molecule has 1 aliphatic rings. The summed E-state index contributed by atoms with van der Waals surface area (Å²) in [6, 6.07) is 15.2. The van der Waals surface area contributed by atoms with E-state index in [9.17, 15) is 9.59 Å². The van der Waals surface area contributed by atoms with Gasteiger partial charge in [-0.25, -0.2) is 0 Å². The van der Waals surface area contributed by atoms with Crippen LogP contribution in [-0.2, 0) is 9.59 Å². The molecule has 2 aromatic carbocycles. The average Bonchev–Trinajstić information content (AvgIpc) is 2.72. The maximum atomic E-state index is 12.5. The Morgan fingerprint density at radius 2 is 1.67 bits per heavy atom. The molecule has 0 atom stereocenters. The number of carbonyl (C=O) groups is 2. The number of carbonyl (C=O) groups excluding carboxylic acids is 2. The monoisotopic (exact) mass is 425 g/mol. The van der Waals surface area contributed by atoms with Gasteiger partial charge in [-0.3, -0.25) is 9.59 Å². The Hall–Kier alpha value is -2.79. The van der Waals surface area contributed by atoms with E-state index >= 15 is 0 Å². The zero-order chi connectivity index (χ0) is 21.7. The van der Waals surface area contributed by atoms with Crippen LogP contribution in [0.4, 0.5) is 11.4 Å². The average molecular weight is 426 g/mol. The third kappa shape index (κ3) is 5.63. The minimum absolute atomic E-state index is 0.176. The van der Waals surface area contributed by atoms with Crippen molar-refractivity contribution in [1.29, 1.82) is 0 Å². The lowest BCUT2D eigenvalue weighted by molar-refractivity contribution is -0.139. The van der Waals surface area contributed by atoms with Gasteiger partial charge in [0.2, 0.25) is 11.8 Å². The van der Waals surface area contributed by atoms with Crippen LogP contribution in [0, 0.1) is 5.41 Å². The predicted octanol–water partition coefficient (Wildman–Crippen LogP) is 4.69. The highest BCUT2D eigenvalue weighted by molar-refractivity contribution is 6.33. The van der Waals surface area contributed by atoms with Crippen LogP contribution in [0.1, 0.15) is 26.3 Å². The fraction of sp³-hybridized carbons (Fsp3) is 0.333. The maximum Gasteiger partial charge on any atom is 0.248 e. The minimum Gasteiger partial charge on any atom is -0.367 e. The summed E-state index contributed by atoms with van der Waals surface area (Å²) < 4.78 is 0. The van der Waals surface area contributed by atoms with E-state index in [1.165, 1.54) is 6.08 Å². The van der Waals surface area contributed by atoms with Gasteiger partial charge in [-0.1, -0.05) is 62.7 Å². The molecular formula is C24H28ClN3O2. The molecule has 6 heteroatoms. The number of halogens is 1. The van der Waals surface area contributed by atoms with Crippen molar-refractivity contribution in [2.75, 3.05) is 36.4 Å². The van der Waals surface area contributed by atoms with Crippen LogP contribution in [0.2, 0.25) is 5.02 Å². The van der Waals surface area contributed by atoms with Crippen molar-refractivity contribution < 1.29 is 9.59 Å². The van der Waals surface area contributed by atoms with Crippen LogP contribution in [0.5, 0.6) is 0 Å². The first-order chi connectivity index (χ1) is 14.2. The Kier molecular flexibility index (Phi) is 6.83. The number of rotatable bonds is 4. The third-order valence-electron chi connectivity index (χ3n) is 4.99. The van der Waals surface area contributed by atoms with Gasteiger partial charge in [-0.05, 0) is 29.8 Å². The Bertz CT molecular complexity index is 927. The molecular weight excluding hydrogens is 398 g/mol. The zero-order valence-corrected chi connectivity index (χ0v) is 18.4. The SMILES string of the molecule is CC(C)(C)C(=O)N1CCN(c2ccc(NC(=O)/C=C/c3ccccc3)cc2Cl)CC1. The third-order valence-corrected chi connectivity index (χ3v) is 5.29. The molecule has 1 aliphatic heterocycles. The first-order valence-electron chi connectivity index (χ1n) is 10.1. The molecule has 0 radical (unpaired) electrons. The van der Waals surface area contributed by atoms with E-state index in [-0.39, 0.29) is 17.2 Å². The van der Waals surface area contributed by atoms with Crippen molar-refractivity contribution in [2.24, 2.45) is 5.41 Å². The Morgan fingerprint density at radius 3 is 2.27 bits per heavy atom. The van der Waals surface area contributed by atoms with Crippen LogP contribution < -0.4 is 10.2 Å². The first-order valence-corrected chi connectivity index (χ1v) is 10.5. The highest BCUT2D eigenvalue weighted by atomic mass is 35.5. The summed E-state index contributed by atoms with van der Waals surface area (Å²) >= 11 is 6.50. The highest BCUT2D eigenvalue weighted by Gasteiger charge is 2.30. The number of anilines is 2. The number of nitrogens with one attached hydrogen (secondary N) is 1. The smallest absolute Gasteiger partial charge is 0.248 e. The topological polar surface area (TPSA) is 52.7 Å². The normalized spacial score (nSPS) is 14.8. The standard InChI is InChI=1S/C24H28ClN3O2/c1-24(2,3)23(30)28-15-13-27(14-16-28)21-11-10-19(17-20(21)25)26-22(29)12-9-18-7-5-4-6-8-18/h4-12,17H,13-16H2,1-3H3,(H,26,29)/b12-9+. The molecule has 2 aromatic rings. The van der Waals surface area contributed by atoms with Gasteiger partial charge in [0.1, 0.15) is 0 Å². The summed E-state index contributed by atoms with van der Waals surface area (Å²) in [5.74, 6) is -0.0353. The fourth-order valence-electron chi connectivity index (χ4n) is 3.39. The summed E-state index contributed by atoms with van der Waals surface area (Å²) in [6.45, 7) is 8.65. The maximum absolute atomic E-state index is 12.5. The van der Waals surface area contributed by atoms with Crippen molar-refractivity contribution in [3.63, 3.8) is 0 Å². The van der Waals surface area contributed by atoms with Crippen LogP contribution in [0.25, 0.3) is 6.08 Å². The lowest BCUT2D eigenvalue weighted by Gasteiger charge is -2.39. The van der Waals surface area contributed by atoms with Crippen molar-refractivity contribution in [2.45, 2.75) is 20.8 Å². The highest BCUT2D eigenvalue weighted by Crippen LogP contribution is 2.30. The minimum atomic E-state index is -0.366. The molecule has 2 amide bonds. The van der Waals surface area contributed by atoms with Gasteiger partial charge in [-0.15, -0.1) is 0 Å². The van der Waals surface area contributed by atoms with Gasteiger partial charge in [0, 0.05) is 43.4 Å². The van der Waals surface area contributed by atoms with Gasteiger partial charge in [0.15, 0.2) is 0 Å². The molecule has 0 aliphatic carbocycles. The van der Waals surface area contributed by atoms with Crippen LogP contribution in [0.3, 0.4) is 0 Å².